The van der Waals surface area contributed by atoms with Crippen LogP contribution in [0, 0.1) is 0 Å². The van der Waals surface area contributed by atoms with Gasteiger partial charge in [0.2, 0.25) is 23.6 Å². The van der Waals surface area contributed by atoms with E-state index < -0.39 is 190 Å². The maximum absolute atomic E-state index is 13.4. The first-order valence-corrected chi connectivity index (χ1v) is 28.0. The van der Waals surface area contributed by atoms with Crippen molar-refractivity contribution in [1.29, 1.82) is 0 Å². The quantitative estimate of drug-likeness (QED) is 0.00995. The molecule has 13 N–H and O–H groups in total. The predicted octanol–water partition coefficient (Wildman–Crippen LogP) is -2.90. The molecular weight excluding hydrogens is 1080 g/mol. The van der Waals surface area contributed by atoms with Crippen LogP contribution in [-0.4, -0.2) is 233 Å². The highest BCUT2D eigenvalue weighted by atomic mass is 32.3. The zero-order valence-corrected chi connectivity index (χ0v) is 46.4. The van der Waals surface area contributed by atoms with E-state index in [4.69, 9.17) is 37.9 Å². The summed E-state index contributed by atoms with van der Waals surface area (Å²) in [6.07, 6.45) is -11.2. The first-order valence-electron chi connectivity index (χ1n) is 26.7. The second-order valence-corrected chi connectivity index (χ2v) is 20.8. The van der Waals surface area contributed by atoms with Gasteiger partial charge in [0.15, 0.2) is 25.2 Å². The van der Waals surface area contributed by atoms with Crippen molar-refractivity contribution in [3.63, 3.8) is 0 Å². The molecule has 0 spiro atoms. The second-order valence-electron chi connectivity index (χ2n) is 19.7. The van der Waals surface area contributed by atoms with Gasteiger partial charge < -0.3 is 100 Å². The highest BCUT2D eigenvalue weighted by molar-refractivity contribution is 7.80. The van der Waals surface area contributed by atoms with Crippen LogP contribution in [0.3, 0.4) is 0 Å². The molecule has 0 saturated carbocycles. The third-order valence-corrected chi connectivity index (χ3v) is 13.6. The lowest BCUT2D eigenvalue weighted by molar-refractivity contribution is -0.346. The molecule has 79 heavy (non-hydrogen) atoms. The summed E-state index contributed by atoms with van der Waals surface area (Å²) < 4.78 is 83.5. The topological polar surface area (TPSA) is 433 Å². The Morgan fingerprint density at radius 2 is 1.22 bits per heavy atom. The fourth-order valence-corrected chi connectivity index (χ4v) is 9.39. The Labute approximate surface area is 460 Å². The zero-order chi connectivity index (χ0) is 59.0. The molecule has 458 valence electrons. The molecule has 30 heteroatoms. The maximum Gasteiger partial charge on any atom is 0.397 e. The van der Waals surface area contributed by atoms with Gasteiger partial charge in [-0.15, -0.1) is 0 Å². The van der Waals surface area contributed by atoms with Crippen LogP contribution in [0.4, 0.5) is 0 Å². The summed E-state index contributed by atoms with van der Waals surface area (Å²) in [5.74, 6) is -3.61. The molecule has 0 radical (unpaired) electrons. The largest absolute Gasteiger partial charge is 0.463 e. The number of allylic oxidation sites excluding steroid dienone is 2. The van der Waals surface area contributed by atoms with Crippen molar-refractivity contribution >= 4 is 40.0 Å². The Hall–Kier alpha value is -3.64. The van der Waals surface area contributed by atoms with Gasteiger partial charge in [-0.3, -0.25) is 28.5 Å². The number of carbonyl (C=O) groups excluding carboxylic acids is 5. The number of hydrogen-bond acceptors (Lipinski definition) is 24. The molecule has 0 aromatic rings. The Morgan fingerprint density at radius 3 is 1.78 bits per heavy atom. The lowest BCUT2D eigenvalue weighted by Crippen LogP contribution is -2.70. The number of aliphatic hydroxyl groups excluding tert-OH is 8. The fourth-order valence-electron chi connectivity index (χ4n) is 9.09. The molecule has 17 unspecified atom stereocenters. The Balaban J connectivity index is 1.87. The summed E-state index contributed by atoms with van der Waals surface area (Å²) in [5.41, 5.74) is 0. The summed E-state index contributed by atoms with van der Waals surface area (Å²) in [4.78, 5) is 62.2. The van der Waals surface area contributed by atoms with Crippen molar-refractivity contribution in [3.05, 3.63) is 12.2 Å². The van der Waals surface area contributed by atoms with Crippen LogP contribution in [0.25, 0.3) is 0 Å². The Kier molecular flexibility index (Phi) is 31.2. The van der Waals surface area contributed by atoms with Crippen molar-refractivity contribution in [2.75, 3.05) is 33.0 Å². The number of hydrogen-bond donors (Lipinski definition) is 13. The number of carbonyl (C=O) groups is 5. The van der Waals surface area contributed by atoms with E-state index in [2.05, 4.69) is 44.5 Å². The summed E-state index contributed by atoms with van der Waals surface area (Å²) in [6, 6.07) is -6.44. The van der Waals surface area contributed by atoms with E-state index >= 15 is 0 Å². The minimum atomic E-state index is -5.17. The lowest BCUT2D eigenvalue weighted by Gasteiger charge is -2.49. The molecule has 3 heterocycles. The van der Waals surface area contributed by atoms with Crippen LogP contribution in [-0.2, 0) is 76.4 Å². The summed E-state index contributed by atoms with van der Waals surface area (Å²) in [6.45, 7) is 3.18. The van der Waals surface area contributed by atoms with E-state index in [0.717, 1.165) is 66.2 Å². The van der Waals surface area contributed by atoms with Crippen LogP contribution in [0.2, 0.25) is 0 Å². The van der Waals surface area contributed by atoms with Gasteiger partial charge in [-0.25, -0.2) is 4.18 Å². The molecule has 29 nitrogen and oxygen atoms in total. The molecular formula is C49H86N4O25S. The molecule has 3 saturated heterocycles. The van der Waals surface area contributed by atoms with Crippen molar-refractivity contribution in [1.82, 2.24) is 21.3 Å². The summed E-state index contributed by atoms with van der Waals surface area (Å²) in [7, 11) is -5.17. The van der Waals surface area contributed by atoms with Gasteiger partial charge in [0.25, 0.3) is 0 Å². The van der Waals surface area contributed by atoms with Crippen molar-refractivity contribution in [3.8, 4) is 0 Å². The summed E-state index contributed by atoms with van der Waals surface area (Å²) in [5, 5.41) is 98.1. The first-order chi connectivity index (χ1) is 37.3. The van der Waals surface area contributed by atoms with Crippen LogP contribution in [0.1, 0.15) is 119 Å². The van der Waals surface area contributed by atoms with Gasteiger partial charge in [0.05, 0.1) is 32.5 Å². The van der Waals surface area contributed by atoms with Gasteiger partial charge in [-0.2, -0.15) is 8.42 Å². The maximum atomic E-state index is 13.4. The number of esters is 1. The average Bonchev–Trinajstić information content (AvgIpc) is 3.40. The number of ether oxygens (including phenoxy) is 8. The molecule has 4 amide bonds. The first kappa shape index (κ1) is 69.6. The van der Waals surface area contributed by atoms with Crippen molar-refractivity contribution in [2.24, 2.45) is 0 Å². The minimum Gasteiger partial charge on any atom is -0.463 e. The molecule has 0 aromatic heterocycles. The average molecular weight is 1160 g/mol. The zero-order valence-electron chi connectivity index (χ0n) is 45.6. The Morgan fingerprint density at radius 1 is 0.633 bits per heavy atom. The van der Waals surface area contributed by atoms with E-state index in [1.807, 2.05) is 0 Å². The molecule has 19 atom stereocenters. The molecule has 3 aliphatic rings. The van der Waals surface area contributed by atoms with E-state index in [1.165, 1.54) is 32.6 Å². The Bertz CT molecular complexity index is 1990. The van der Waals surface area contributed by atoms with Crippen LogP contribution in [0.5, 0.6) is 0 Å². The van der Waals surface area contributed by atoms with Crippen LogP contribution in [0.15, 0.2) is 12.2 Å². The van der Waals surface area contributed by atoms with E-state index in [-0.39, 0.29) is 6.42 Å². The molecule has 0 aromatic carbocycles. The number of aliphatic hydroxyl groups is 8. The smallest absolute Gasteiger partial charge is 0.397 e. The highest BCUT2D eigenvalue weighted by Gasteiger charge is 2.54. The van der Waals surface area contributed by atoms with Gasteiger partial charge in [-0.1, -0.05) is 57.6 Å². The summed E-state index contributed by atoms with van der Waals surface area (Å²) >= 11 is 0. The third kappa shape index (κ3) is 23.6. The standard InChI is InChI=1S/C49H86N4O25S/c1-7-8-9-10-11-12-13-14-15-16-17-18-19-20-36(61)53-38-41(63)40(62)34(24-70-30(6)60)76-48(38)72-26(2)32(22-55)74-47(31(21-54)50-27(3)57)77-44-33(23-56)75-49(39(43(44)65)52-29(5)59)78-45-35(25-71-79(67,68)69)73-46(66)37(42(45)64)51-28(4)58/h12-13,26,31-35,37-49,54-56,62-66H,7-11,14-25H2,1-6H3,(H,50,57)(H,51,58)(H,52,59)(H,53,61)(H,67,68,69)/b13-12-/t26-,31-,32?,33?,34?,35?,37?,38?,39?,40?,41?,42?,43?,44?,45?,46?,47?,48?,49?/m0/s1. The van der Waals surface area contributed by atoms with Gasteiger partial charge >= 0.3 is 16.4 Å². The monoisotopic (exact) mass is 1160 g/mol. The minimum absolute atomic E-state index is 0.0388. The van der Waals surface area contributed by atoms with Gasteiger partial charge in [0.1, 0.15) is 91.8 Å². The molecule has 0 aliphatic carbocycles. The number of unbranched alkanes of at least 4 members (excludes halogenated alkanes) is 9. The van der Waals surface area contributed by atoms with Crippen LogP contribution >= 0.6 is 0 Å². The van der Waals surface area contributed by atoms with Crippen molar-refractivity contribution < 1.29 is 120 Å². The predicted molar refractivity (Wildman–Crippen MR) is 272 cm³/mol. The number of rotatable bonds is 35. The lowest BCUT2D eigenvalue weighted by atomic mass is 9.94. The van der Waals surface area contributed by atoms with E-state index in [9.17, 15) is 77.8 Å². The highest BCUT2D eigenvalue weighted by Crippen LogP contribution is 2.32. The number of nitrogens with one attached hydrogen (secondary N) is 4. The van der Waals surface area contributed by atoms with E-state index in [0.29, 0.717) is 6.42 Å². The third-order valence-electron chi connectivity index (χ3n) is 13.2. The van der Waals surface area contributed by atoms with Gasteiger partial charge in [-0.05, 0) is 39.0 Å². The normalized spacial score (nSPS) is 30.9. The molecule has 3 rings (SSSR count). The second kappa shape index (κ2) is 35.4. The molecule has 0 bridgehead atoms. The molecule has 3 fully saturated rings. The van der Waals surface area contributed by atoms with E-state index in [1.54, 1.807) is 0 Å². The fraction of sp³-hybridized carbons (Fsp3) is 0.857. The molecule has 3 aliphatic heterocycles. The van der Waals surface area contributed by atoms with Crippen LogP contribution < -0.4 is 21.3 Å². The van der Waals surface area contributed by atoms with Crippen molar-refractivity contribution in [2.45, 2.75) is 235 Å². The van der Waals surface area contributed by atoms with Gasteiger partial charge in [0, 0.05) is 34.1 Å². The number of amides is 4. The SMILES string of the molecule is CCCCCC/C=C\CCCCCCCC(=O)NC1C(O[C@@H](C)C(CO)OC(OC2C(CO)OC(OC3C(COS(=O)(=O)O)OC(O)C(NC(C)=O)C3O)C(NC(C)=O)C2O)[C@H](CO)NC(C)=O)OC(COC(C)=O)C(O)C1O.